The molecule has 0 aliphatic heterocycles. The van der Waals surface area contributed by atoms with Crippen LogP contribution in [0.5, 0.6) is 0 Å². The normalized spacial score (nSPS) is 12.7. The number of aromatic nitrogens is 1. The van der Waals surface area contributed by atoms with Crippen LogP contribution < -0.4 is 5.32 Å². The summed E-state index contributed by atoms with van der Waals surface area (Å²) in [5.41, 5.74) is 2.39. The topological polar surface area (TPSA) is 34.1 Å². The van der Waals surface area contributed by atoms with E-state index in [9.17, 15) is 0 Å². The van der Waals surface area contributed by atoms with Crippen molar-refractivity contribution in [2.24, 2.45) is 0 Å². The highest BCUT2D eigenvalue weighted by molar-refractivity contribution is 5.79. The Hall–Kier alpha value is -1.45. The third-order valence-corrected chi connectivity index (χ3v) is 3.47. The van der Waals surface area contributed by atoms with Crippen LogP contribution in [0.3, 0.4) is 0 Å². The second-order valence-corrected chi connectivity index (χ2v) is 4.90. The molecular weight excluding hydrogens is 248 g/mol. The predicted octanol–water partition coefficient (Wildman–Crippen LogP) is 3.70. The van der Waals surface area contributed by atoms with Crippen molar-refractivity contribution < 1.29 is 4.74 Å². The van der Waals surface area contributed by atoms with E-state index in [2.05, 4.69) is 41.5 Å². The third-order valence-electron chi connectivity index (χ3n) is 3.47. The quantitative estimate of drug-likeness (QED) is 0.744. The smallest absolute Gasteiger partial charge is 0.0702 e. The molecule has 1 atom stereocenters. The van der Waals surface area contributed by atoms with Crippen LogP contribution in [0.2, 0.25) is 0 Å². The minimum Gasteiger partial charge on any atom is -0.382 e. The Labute approximate surface area is 121 Å². The van der Waals surface area contributed by atoms with Crippen molar-refractivity contribution in [1.29, 1.82) is 0 Å². The van der Waals surface area contributed by atoms with E-state index in [-0.39, 0.29) is 0 Å². The summed E-state index contributed by atoms with van der Waals surface area (Å²) in [6, 6.07) is 11.0. The van der Waals surface area contributed by atoms with Crippen LogP contribution in [0.1, 0.15) is 38.3 Å². The maximum absolute atomic E-state index is 5.43. The Morgan fingerprint density at radius 3 is 2.95 bits per heavy atom. The minimum absolute atomic E-state index is 0.394. The summed E-state index contributed by atoms with van der Waals surface area (Å²) >= 11 is 0. The molecule has 0 radical (unpaired) electrons. The Balaban J connectivity index is 2.09. The summed E-state index contributed by atoms with van der Waals surface area (Å²) in [7, 11) is 0. The summed E-state index contributed by atoms with van der Waals surface area (Å²) < 4.78 is 5.43. The van der Waals surface area contributed by atoms with Gasteiger partial charge >= 0.3 is 0 Å². The van der Waals surface area contributed by atoms with E-state index in [4.69, 9.17) is 4.74 Å². The number of benzene rings is 1. The largest absolute Gasteiger partial charge is 0.382 e. The fourth-order valence-corrected chi connectivity index (χ4v) is 2.48. The van der Waals surface area contributed by atoms with Gasteiger partial charge in [0.05, 0.1) is 5.52 Å². The van der Waals surface area contributed by atoms with Gasteiger partial charge in [0.1, 0.15) is 0 Å². The van der Waals surface area contributed by atoms with Gasteiger partial charge in [-0.25, -0.2) is 0 Å². The fourth-order valence-electron chi connectivity index (χ4n) is 2.48. The summed E-state index contributed by atoms with van der Waals surface area (Å²) in [6.45, 7) is 6.81. The number of ether oxygens (including phenoxy) is 1. The first kappa shape index (κ1) is 14.9. The molecule has 1 unspecified atom stereocenters. The number of nitrogens with one attached hydrogen (secondary N) is 1. The maximum atomic E-state index is 5.43. The summed E-state index contributed by atoms with van der Waals surface area (Å²) in [4.78, 5) is 4.37. The SMILES string of the molecule is CCNC(CCCOCC)c1ccc2ncccc2c1. The van der Waals surface area contributed by atoms with Gasteiger partial charge in [0, 0.05) is 30.8 Å². The van der Waals surface area contributed by atoms with Crippen LogP contribution in [-0.2, 0) is 4.74 Å². The summed E-state index contributed by atoms with van der Waals surface area (Å²) in [5, 5.41) is 4.77. The maximum Gasteiger partial charge on any atom is 0.0702 e. The molecule has 0 saturated heterocycles. The number of pyridine rings is 1. The molecule has 0 aliphatic carbocycles. The molecule has 0 fully saturated rings. The fraction of sp³-hybridized carbons (Fsp3) is 0.471. The average Bonchev–Trinajstić information content (AvgIpc) is 2.50. The molecule has 0 amide bonds. The molecule has 3 nitrogen and oxygen atoms in total. The van der Waals surface area contributed by atoms with Gasteiger partial charge in [-0.15, -0.1) is 0 Å². The van der Waals surface area contributed by atoms with Crippen LogP contribution in [0.15, 0.2) is 36.5 Å². The lowest BCUT2D eigenvalue weighted by Crippen LogP contribution is -2.21. The first-order valence-electron chi connectivity index (χ1n) is 7.51. The highest BCUT2D eigenvalue weighted by atomic mass is 16.5. The lowest BCUT2D eigenvalue weighted by atomic mass is 10.00. The lowest BCUT2D eigenvalue weighted by molar-refractivity contribution is 0.141. The number of nitrogens with zero attached hydrogens (tertiary/aromatic N) is 1. The van der Waals surface area contributed by atoms with E-state index in [1.807, 2.05) is 19.2 Å². The molecule has 1 aromatic heterocycles. The van der Waals surface area contributed by atoms with Crippen LogP contribution >= 0.6 is 0 Å². The monoisotopic (exact) mass is 272 g/mol. The van der Waals surface area contributed by atoms with Gasteiger partial charge in [-0.05, 0) is 50.1 Å². The van der Waals surface area contributed by atoms with Crippen molar-refractivity contribution in [2.45, 2.75) is 32.7 Å². The Bertz CT molecular complexity index is 527. The molecule has 1 aromatic carbocycles. The summed E-state index contributed by atoms with van der Waals surface area (Å²) in [5.74, 6) is 0. The van der Waals surface area contributed by atoms with Gasteiger partial charge in [-0.2, -0.15) is 0 Å². The van der Waals surface area contributed by atoms with E-state index in [0.29, 0.717) is 6.04 Å². The summed E-state index contributed by atoms with van der Waals surface area (Å²) in [6.07, 6.45) is 4.02. The van der Waals surface area contributed by atoms with Crippen LogP contribution in [0.25, 0.3) is 10.9 Å². The molecule has 0 saturated carbocycles. The first-order valence-corrected chi connectivity index (χ1v) is 7.51. The molecule has 108 valence electrons. The molecule has 0 spiro atoms. The van der Waals surface area contributed by atoms with Crippen LogP contribution in [0, 0.1) is 0 Å². The molecule has 1 N–H and O–H groups in total. The van der Waals surface area contributed by atoms with Crippen molar-refractivity contribution >= 4 is 10.9 Å². The number of hydrogen-bond donors (Lipinski definition) is 1. The van der Waals surface area contributed by atoms with Crippen LogP contribution in [-0.4, -0.2) is 24.7 Å². The van der Waals surface area contributed by atoms with E-state index in [0.717, 1.165) is 38.1 Å². The van der Waals surface area contributed by atoms with Gasteiger partial charge in [-0.3, -0.25) is 4.98 Å². The highest BCUT2D eigenvalue weighted by Crippen LogP contribution is 2.22. The van der Waals surface area contributed by atoms with E-state index < -0.39 is 0 Å². The molecule has 20 heavy (non-hydrogen) atoms. The minimum atomic E-state index is 0.394. The second kappa shape index (κ2) is 7.98. The van der Waals surface area contributed by atoms with Gasteiger partial charge in [0.25, 0.3) is 0 Å². The van der Waals surface area contributed by atoms with Gasteiger partial charge in [0.15, 0.2) is 0 Å². The number of fused-ring (bicyclic) bond motifs is 1. The standard InChI is InChI=1S/C17H24N2O/c1-3-18-16(8-6-12-20-4-2)15-9-10-17-14(13-15)7-5-11-19-17/h5,7,9-11,13,16,18H,3-4,6,8,12H2,1-2H3. The molecule has 0 bridgehead atoms. The van der Waals surface area contributed by atoms with E-state index >= 15 is 0 Å². The molecule has 2 aromatic rings. The van der Waals surface area contributed by atoms with Crippen molar-refractivity contribution in [1.82, 2.24) is 10.3 Å². The molecule has 0 aliphatic rings. The Morgan fingerprint density at radius 1 is 1.25 bits per heavy atom. The highest BCUT2D eigenvalue weighted by Gasteiger charge is 2.10. The molecule has 1 heterocycles. The molecular formula is C17H24N2O. The third kappa shape index (κ3) is 4.02. The van der Waals surface area contributed by atoms with Gasteiger partial charge < -0.3 is 10.1 Å². The van der Waals surface area contributed by atoms with Crippen molar-refractivity contribution in [3.05, 3.63) is 42.1 Å². The zero-order valence-corrected chi connectivity index (χ0v) is 12.4. The lowest BCUT2D eigenvalue weighted by Gasteiger charge is -2.18. The second-order valence-electron chi connectivity index (χ2n) is 4.90. The molecule has 2 rings (SSSR count). The van der Waals surface area contributed by atoms with E-state index in [1.54, 1.807) is 0 Å². The Kier molecular flexibility index (Phi) is 5.96. The Morgan fingerprint density at radius 2 is 2.15 bits per heavy atom. The number of hydrogen-bond acceptors (Lipinski definition) is 3. The van der Waals surface area contributed by atoms with Crippen molar-refractivity contribution in [3.8, 4) is 0 Å². The van der Waals surface area contributed by atoms with Crippen LogP contribution in [0.4, 0.5) is 0 Å². The number of rotatable bonds is 8. The molecule has 3 heteroatoms. The zero-order valence-electron chi connectivity index (χ0n) is 12.4. The zero-order chi connectivity index (χ0) is 14.2. The average molecular weight is 272 g/mol. The van der Waals surface area contributed by atoms with E-state index in [1.165, 1.54) is 10.9 Å². The van der Waals surface area contributed by atoms with Gasteiger partial charge in [-0.1, -0.05) is 19.1 Å². The van der Waals surface area contributed by atoms with Crippen molar-refractivity contribution in [2.75, 3.05) is 19.8 Å². The van der Waals surface area contributed by atoms with Gasteiger partial charge in [0.2, 0.25) is 0 Å². The predicted molar refractivity (Wildman–Crippen MR) is 83.9 cm³/mol. The first-order chi connectivity index (χ1) is 9.85. The van der Waals surface area contributed by atoms with Crippen molar-refractivity contribution in [3.63, 3.8) is 0 Å².